The maximum atomic E-state index is 10.7. The number of allylic oxidation sites excluding steroid dienone is 1. The lowest BCUT2D eigenvalue weighted by Gasteiger charge is -2.23. The molecule has 2 aromatic rings. The Balaban J connectivity index is 2.20. The molecule has 0 saturated carbocycles. The van der Waals surface area contributed by atoms with E-state index in [0.717, 1.165) is 5.56 Å². The summed E-state index contributed by atoms with van der Waals surface area (Å²) in [5.74, 6) is 2.36. The lowest BCUT2D eigenvalue weighted by Crippen LogP contribution is -2.22. The van der Waals surface area contributed by atoms with E-state index in [-0.39, 0.29) is 0 Å². The second kappa shape index (κ2) is 9.15. The van der Waals surface area contributed by atoms with E-state index in [9.17, 15) is 5.11 Å². The molecule has 0 aliphatic heterocycles. The minimum absolute atomic E-state index is 0.491. The molecular formula is C21H26O5. The van der Waals surface area contributed by atoms with Gasteiger partial charge in [-0.25, -0.2) is 0 Å². The highest BCUT2D eigenvalue weighted by Gasteiger charge is 2.21. The fourth-order valence-corrected chi connectivity index (χ4v) is 2.65. The van der Waals surface area contributed by atoms with E-state index in [2.05, 4.69) is 0 Å². The summed E-state index contributed by atoms with van der Waals surface area (Å²) in [7, 11) is 4.73. The molecule has 2 rings (SSSR count). The zero-order valence-corrected chi connectivity index (χ0v) is 15.9. The van der Waals surface area contributed by atoms with Gasteiger partial charge in [-0.15, -0.1) is 0 Å². The number of ether oxygens (including phenoxy) is 4. The number of rotatable bonds is 8. The Morgan fingerprint density at radius 2 is 1.46 bits per heavy atom. The van der Waals surface area contributed by atoms with Crippen LogP contribution in [0, 0.1) is 0 Å². The first-order chi connectivity index (χ1) is 12.5. The van der Waals surface area contributed by atoms with Crippen LogP contribution in [-0.4, -0.2) is 32.5 Å². The van der Waals surface area contributed by atoms with Crippen molar-refractivity contribution in [3.63, 3.8) is 0 Å². The van der Waals surface area contributed by atoms with Gasteiger partial charge in [-0.1, -0.05) is 24.3 Å². The van der Waals surface area contributed by atoms with E-state index in [1.54, 1.807) is 46.5 Å². The average molecular weight is 358 g/mol. The van der Waals surface area contributed by atoms with Gasteiger partial charge in [0, 0.05) is 0 Å². The van der Waals surface area contributed by atoms with E-state index in [1.807, 2.05) is 37.3 Å². The molecule has 0 amide bonds. The van der Waals surface area contributed by atoms with Crippen LogP contribution < -0.4 is 18.9 Å². The van der Waals surface area contributed by atoms with Gasteiger partial charge in [-0.2, -0.15) is 0 Å². The highest BCUT2D eigenvalue weighted by molar-refractivity contribution is 5.55. The normalized spacial score (nSPS) is 13.3. The molecule has 0 spiro atoms. The topological polar surface area (TPSA) is 57.2 Å². The van der Waals surface area contributed by atoms with Crippen LogP contribution in [0.4, 0.5) is 0 Å². The van der Waals surface area contributed by atoms with Crippen molar-refractivity contribution in [2.75, 3.05) is 21.3 Å². The molecule has 0 aliphatic rings. The van der Waals surface area contributed by atoms with Crippen molar-refractivity contribution in [2.45, 2.75) is 26.1 Å². The fourth-order valence-electron chi connectivity index (χ4n) is 2.65. The van der Waals surface area contributed by atoms with Gasteiger partial charge >= 0.3 is 0 Å². The van der Waals surface area contributed by atoms with Crippen LogP contribution in [0.25, 0.3) is 6.08 Å². The van der Waals surface area contributed by atoms with Gasteiger partial charge < -0.3 is 24.1 Å². The van der Waals surface area contributed by atoms with Crippen LogP contribution >= 0.6 is 0 Å². The summed E-state index contributed by atoms with van der Waals surface area (Å²) in [6, 6.07) is 11.0. The predicted octanol–water partition coefficient (Wildman–Crippen LogP) is 4.25. The van der Waals surface area contributed by atoms with Crippen molar-refractivity contribution in [2.24, 2.45) is 0 Å². The first-order valence-corrected chi connectivity index (χ1v) is 8.41. The number of methoxy groups -OCH3 is 3. The maximum Gasteiger partial charge on any atom is 0.161 e. The smallest absolute Gasteiger partial charge is 0.161 e. The third kappa shape index (κ3) is 4.49. The van der Waals surface area contributed by atoms with Gasteiger partial charge in [0.15, 0.2) is 23.0 Å². The molecule has 0 unspecified atom stereocenters. The van der Waals surface area contributed by atoms with Crippen LogP contribution in [-0.2, 0) is 0 Å². The van der Waals surface area contributed by atoms with Gasteiger partial charge in [-0.05, 0) is 49.2 Å². The molecule has 0 aromatic heterocycles. The van der Waals surface area contributed by atoms with Gasteiger partial charge in [0.25, 0.3) is 0 Å². The predicted molar refractivity (Wildman–Crippen MR) is 102 cm³/mol. The summed E-state index contributed by atoms with van der Waals surface area (Å²) in [5, 5.41) is 10.7. The largest absolute Gasteiger partial charge is 0.493 e. The Bertz CT molecular complexity index is 754. The van der Waals surface area contributed by atoms with Crippen molar-refractivity contribution >= 4 is 6.08 Å². The van der Waals surface area contributed by atoms with Gasteiger partial charge in [-0.3, -0.25) is 0 Å². The Morgan fingerprint density at radius 1 is 0.846 bits per heavy atom. The van der Waals surface area contributed by atoms with E-state index in [1.165, 1.54) is 0 Å². The molecule has 0 bridgehead atoms. The summed E-state index contributed by atoms with van der Waals surface area (Å²) in [5.41, 5.74) is 1.70. The standard InChI is InChI=1S/C21H26O5/c1-6-7-15-8-10-18(19(12-15)24-4)26-14(2)21(22)16-9-11-17(23-3)20(13-16)25-5/h6-14,21-22H,1-5H3/t14-,21-/m1/s1. The molecule has 1 N–H and O–H groups in total. The number of hydrogen-bond acceptors (Lipinski definition) is 5. The van der Waals surface area contributed by atoms with E-state index in [4.69, 9.17) is 18.9 Å². The van der Waals surface area contributed by atoms with Gasteiger partial charge in [0.1, 0.15) is 12.2 Å². The van der Waals surface area contributed by atoms with E-state index < -0.39 is 12.2 Å². The highest BCUT2D eigenvalue weighted by Crippen LogP contribution is 2.34. The molecule has 0 radical (unpaired) electrons. The third-order valence-electron chi connectivity index (χ3n) is 4.05. The lowest BCUT2D eigenvalue weighted by molar-refractivity contribution is 0.0450. The van der Waals surface area contributed by atoms with Crippen molar-refractivity contribution in [1.29, 1.82) is 0 Å². The number of aliphatic hydroxyl groups excluding tert-OH is 1. The minimum atomic E-state index is -0.838. The first kappa shape index (κ1) is 19.7. The molecule has 2 aromatic carbocycles. The molecule has 0 saturated heterocycles. The molecule has 0 heterocycles. The lowest BCUT2D eigenvalue weighted by atomic mass is 10.0. The summed E-state index contributed by atoms with van der Waals surface area (Å²) in [6.07, 6.45) is 2.61. The SMILES string of the molecule is CC=Cc1ccc(O[C@H](C)[C@@H](O)c2ccc(OC)c(OC)c2)c(OC)c1. The van der Waals surface area contributed by atoms with Crippen LogP contribution in [0.2, 0.25) is 0 Å². The highest BCUT2D eigenvalue weighted by atomic mass is 16.5. The molecule has 5 nitrogen and oxygen atoms in total. The van der Waals surface area contributed by atoms with Gasteiger partial charge in [0.05, 0.1) is 21.3 Å². The second-order valence-electron chi connectivity index (χ2n) is 5.79. The third-order valence-corrected chi connectivity index (χ3v) is 4.05. The molecule has 0 fully saturated rings. The maximum absolute atomic E-state index is 10.7. The zero-order chi connectivity index (χ0) is 19.1. The average Bonchev–Trinajstić information content (AvgIpc) is 2.67. The minimum Gasteiger partial charge on any atom is -0.493 e. The van der Waals surface area contributed by atoms with Crippen LogP contribution in [0.3, 0.4) is 0 Å². The van der Waals surface area contributed by atoms with Crippen molar-refractivity contribution in [1.82, 2.24) is 0 Å². The Hall–Kier alpha value is -2.66. The molecule has 5 heteroatoms. The Morgan fingerprint density at radius 3 is 2.08 bits per heavy atom. The number of aliphatic hydroxyl groups is 1. The zero-order valence-electron chi connectivity index (χ0n) is 15.9. The van der Waals surface area contributed by atoms with Crippen LogP contribution in [0.1, 0.15) is 31.1 Å². The summed E-state index contributed by atoms with van der Waals surface area (Å²) in [4.78, 5) is 0. The molecule has 2 atom stereocenters. The number of benzene rings is 2. The van der Waals surface area contributed by atoms with E-state index >= 15 is 0 Å². The number of hydrogen-bond donors (Lipinski definition) is 1. The summed E-state index contributed by atoms with van der Waals surface area (Å²) >= 11 is 0. The van der Waals surface area contributed by atoms with Crippen LogP contribution in [0.15, 0.2) is 42.5 Å². The molecule has 0 aliphatic carbocycles. The fraction of sp³-hybridized carbons (Fsp3) is 0.333. The monoisotopic (exact) mass is 358 g/mol. The van der Waals surface area contributed by atoms with E-state index in [0.29, 0.717) is 28.6 Å². The Labute approximate surface area is 154 Å². The summed E-state index contributed by atoms with van der Waals surface area (Å²) < 4.78 is 21.9. The molecule has 140 valence electrons. The van der Waals surface area contributed by atoms with Crippen molar-refractivity contribution < 1.29 is 24.1 Å². The van der Waals surface area contributed by atoms with Crippen molar-refractivity contribution in [3.05, 3.63) is 53.6 Å². The second-order valence-corrected chi connectivity index (χ2v) is 5.79. The molecule has 26 heavy (non-hydrogen) atoms. The Kier molecular flexibility index (Phi) is 6.92. The van der Waals surface area contributed by atoms with Crippen molar-refractivity contribution in [3.8, 4) is 23.0 Å². The quantitative estimate of drug-likeness (QED) is 0.765. The molecular weight excluding hydrogens is 332 g/mol. The van der Waals surface area contributed by atoms with Crippen LogP contribution in [0.5, 0.6) is 23.0 Å². The first-order valence-electron chi connectivity index (χ1n) is 8.41. The van der Waals surface area contributed by atoms with Gasteiger partial charge in [0.2, 0.25) is 0 Å². The summed E-state index contributed by atoms with van der Waals surface area (Å²) in [6.45, 7) is 3.76.